The summed E-state index contributed by atoms with van der Waals surface area (Å²) in [5.41, 5.74) is 0.257. The predicted octanol–water partition coefficient (Wildman–Crippen LogP) is 3.68. The molecule has 0 bridgehead atoms. The molecule has 1 aliphatic heterocycles. The third-order valence-corrected chi connectivity index (χ3v) is 4.99. The second kappa shape index (κ2) is 7.11. The van der Waals surface area contributed by atoms with Crippen LogP contribution in [-0.2, 0) is 9.59 Å². The lowest BCUT2D eigenvalue weighted by molar-refractivity contribution is -0.135. The minimum atomic E-state index is -1.19. The van der Waals surface area contributed by atoms with Gasteiger partial charge in [0.2, 0.25) is 11.8 Å². The summed E-state index contributed by atoms with van der Waals surface area (Å²) in [6.45, 7) is 0.251. The van der Waals surface area contributed by atoms with Gasteiger partial charge >= 0.3 is 0 Å². The minimum Gasteiger partial charge on any atom is -0.344 e. The molecule has 0 radical (unpaired) electrons. The Hall–Kier alpha value is -2.35. The number of likely N-dealkylation sites (tertiary alicyclic amines) is 1. The fraction of sp³-hybridized carbons (Fsp3) is 0.222. The lowest BCUT2D eigenvalue weighted by atomic mass is 9.88. The van der Waals surface area contributed by atoms with E-state index in [1.165, 1.54) is 35.2 Å². The number of hydrogen-bond acceptors (Lipinski definition) is 2. The maximum absolute atomic E-state index is 13.8. The minimum absolute atomic E-state index is 0.215. The number of amides is 2. The molecule has 8 heteroatoms. The first kappa shape index (κ1) is 18.4. The van der Waals surface area contributed by atoms with Crippen molar-refractivity contribution in [2.75, 3.05) is 18.9 Å². The molecule has 1 fully saturated rings. The van der Waals surface area contributed by atoms with Gasteiger partial charge in [0.15, 0.2) is 11.6 Å². The fourth-order valence-corrected chi connectivity index (χ4v) is 3.44. The van der Waals surface area contributed by atoms with Crippen molar-refractivity contribution in [3.05, 3.63) is 63.9 Å². The highest BCUT2D eigenvalue weighted by molar-refractivity contribution is 9.10. The molecule has 0 saturated carbocycles. The third-order valence-electron chi connectivity index (χ3n) is 4.38. The smallest absolute Gasteiger partial charge is 0.237 e. The molecule has 2 aromatic rings. The Bertz CT molecular complexity index is 891. The summed E-state index contributed by atoms with van der Waals surface area (Å²) in [7, 11) is 1.55. The van der Waals surface area contributed by atoms with E-state index in [0.717, 1.165) is 6.07 Å². The van der Waals surface area contributed by atoms with Crippen LogP contribution in [0, 0.1) is 23.4 Å². The summed E-state index contributed by atoms with van der Waals surface area (Å²) in [5, 5.41) is 2.28. The van der Waals surface area contributed by atoms with Gasteiger partial charge in [-0.05, 0) is 45.8 Å². The Balaban J connectivity index is 1.91. The van der Waals surface area contributed by atoms with Gasteiger partial charge in [0, 0.05) is 19.5 Å². The molecule has 4 nitrogen and oxygen atoms in total. The molecule has 1 heterocycles. The Labute approximate surface area is 156 Å². The van der Waals surface area contributed by atoms with Crippen LogP contribution in [0.25, 0.3) is 0 Å². The highest BCUT2D eigenvalue weighted by atomic mass is 79.9. The Morgan fingerprint density at radius 1 is 1.19 bits per heavy atom. The van der Waals surface area contributed by atoms with E-state index in [2.05, 4.69) is 21.2 Å². The van der Waals surface area contributed by atoms with E-state index in [0.29, 0.717) is 5.56 Å². The van der Waals surface area contributed by atoms with Crippen molar-refractivity contribution in [3.63, 3.8) is 0 Å². The molecule has 2 atom stereocenters. The number of nitrogens with one attached hydrogen (secondary N) is 1. The zero-order valence-corrected chi connectivity index (χ0v) is 15.2. The number of hydrogen-bond donors (Lipinski definition) is 1. The summed E-state index contributed by atoms with van der Waals surface area (Å²) in [5.74, 6) is -5.60. The standard InChI is InChI=1S/C18H14BrF3N2O2/c1-24-8-10(9-5-6-12(20)11(19)7-9)15(18(24)26)17(25)23-14-4-2-3-13(21)16(14)22/h2-7,10,15H,8H2,1H3,(H,23,25)/t10-,15+/m1/s1. The van der Waals surface area contributed by atoms with Crippen LogP contribution in [0.3, 0.4) is 0 Å². The molecule has 2 amide bonds. The van der Waals surface area contributed by atoms with Crippen molar-refractivity contribution >= 4 is 33.4 Å². The van der Waals surface area contributed by atoms with Crippen molar-refractivity contribution in [2.45, 2.75) is 5.92 Å². The molecule has 1 N–H and O–H groups in total. The summed E-state index contributed by atoms with van der Waals surface area (Å²) < 4.78 is 40.8. The van der Waals surface area contributed by atoms with Crippen LogP contribution in [0.1, 0.15) is 11.5 Å². The van der Waals surface area contributed by atoms with Gasteiger partial charge in [0.05, 0.1) is 10.2 Å². The predicted molar refractivity (Wildman–Crippen MR) is 93.0 cm³/mol. The number of carbonyl (C=O) groups excluding carboxylic acids is 2. The molecular formula is C18H14BrF3N2O2. The lowest BCUT2D eigenvalue weighted by Crippen LogP contribution is -2.33. The zero-order chi connectivity index (χ0) is 19.0. The number of rotatable bonds is 3. The summed E-state index contributed by atoms with van der Waals surface area (Å²) in [4.78, 5) is 26.5. The molecule has 2 aromatic carbocycles. The molecule has 0 spiro atoms. The largest absolute Gasteiger partial charge is 0.344 e. The van der Waals surface area contributed by atoms with E-state index in [-0.39, 0.29) is 16.7 Å². The van der Waals surface area contributed by atoms with Gasteiger partial charge in [-0.15, -0.1) is 0 Å². The molecule has 3 rings (SSSR count). The van der Waals surface area contributed by atoms with Gasteiger partial charge in [0.25, 0.3) is 0 Å². The van der Waals surface area contributed by atoms with Crippen molar-refractivity contribution in [2.24, 2.45) is 5.92 Å². The highest BCUT2D eigenvalue weighted by Crippen LogP contribution is 2.35. The van der Waals surface area contributed by atoms with E-state index >= 15 is 0 Å². The first-order chi connectivity index (χ1) is 12.3. The van der Waals surface area contributed by atoms with Crippen LogP contribution in [0.15, 0.2) is 40.9 Å². The Kier molecular flexibility index (Phi) is 5.04. The van der Waals surface area contributed by atoms with Gasteiger partial charge < -0.3 is 10.2 Å². The average molecular weight is 427 g/mol. The number of likely N-dealkylation sites (N-methyl/N-ethyl adjacent to an activating group) is 1. The fourth-order valence-electron chi connectivity index (χ4n) is 3.05. The number of anilines is 1. The molecule has 136 valence electrons. The summed E-state index contributed by atoms with van der Waals surface area (Å²) in [6, 6.07) is 7.64. The maximum Gasteiger partial charge on any atom is 0.237 e. The quantitative estimate of drug-likeness (QED) is 0.761. The Morgan fingerprint density at radius 2 is 1.92 bits per heavy atom. The number of benzene rings is 2. The van der Waals surface area contributed by atoms with Crippen molar-refractivity contribution in [3.8, 4) is 0 Å². The first-order valence-corrected chi connectivity index (χ1v) is 8.53. The van der Waals surface area contributed by atoms with Gasteiger partial charge in [-0.2, -0.15) is 0 Å². The molecule has 0 aromatic heterocycles. The van der Waals surface area contributed by atoms with Crippen LogP contribution in [0.2, 0.25) is 0 Å². The van der Waals surface area contributed by atoms with Gasteiger partial charge in [-0.3, -0.25) is 9.59 Å². The van der Waals surface area contributed by atoms with Crippen LogP contribution in [0.5, 0.6) is 0 Å². The van der Waals surface area contributed by atoms with E-state index in [9.17, 15) is 22.8 Å². The second-order valence-corrected chi connectivity index (χ2v) is 6.92. The molecule has 1 saturated heterocycles. The lowest BCUT2D eigenvalue weighted by Gasteiger charge is -2.17. The van der Waals surface area contributed by atoms with Gasteiger partial charge in [0.1, 0.15) is 11.7 Å². The first-order valence-electron chi connectivity index (χ1n) is 7.74. The molecule has 0 unspecified atom stereocenters. The molecule has 0 aliphatic carbocycles. The maximum atomic E-state index is 13.8. The van der Waals surface area contributed by atoms with Crippen molar-refractivity contribution < 1.29 is 22.8 Å². The Morgan fingerprint density at radius 3 is 2.62 bits per heavy atom. The summed E-state index contributed by atoms with van der Waals surface area (Å²) in [6.07, 6.45) is 0. The normalized spacial score (nSPS) is 19.7. The average Bonchev–Trinajstić information content (AvgIpc) is 2.89. The van der Waals surface area contributed by atoms with Crippen LogP contribution < -0.4 is 5.32 Å². The van der Waals surface area contributed by atoms with E-state index < -0.39 is 41.1 Å². The van der Waals surface area contributed by atoms with Crippen molar-refractivity contribution in [1.82, 2.24) is 4.90 Å². The second-order valence-electron chi connectivity index (χ2n) is 6.07. The van der Waals surface area contributed by atoms with Crippen LogP contribution in [0.4, 0.5) is 18.9 Å². The van der Waals surface area contributed by atoms with E-state index in [4.69, 9.17) is 0 Å². The van der Waals surface area contributed by atoms with Crippen LogP contribution in [-0.4, -0.2) is 30.3 Å². The van der Waals surface area contributed by atoms with Crippen LogP contribution >= 0.6 is 15.9 Å². The number of nitrogens with zero attached hydrogens (tertiary/aromatic N) is 1. The number of carbonyl (C=O) groups is 2. The molecular weight excluding hydrogens is 413 g/mol. The highest BCUT2D eigenvalue weighted by Gasteiger charge is 2.44. The molecule has 26 heavy (non-hydrogen) atoms. The zero-order valence-electron chi connectivity index (χ0n) is 13.6. The van der Waals surface area contributed by atoms with Gasteiger partial charge in [-0.1, -0.05) is 12.1 Å². The monoisotopic (exact) mass is 426 g/mol. The molecule has 1 aliphatic rings. The van der Waals surface area contributed by atoms with E-state index in [1.807, 2.05) is 0 Å². The third kappa shape index (κ3) is 3.33. The summed E-state index contributed by atoms with van der Waals surface area (Å²) >= 11 is 3.09. The SMILES string of the molecule is CN1C[C@H](c2ccc(F)c(Br)c2)[C@@H](C(=O)Nc2cccc(F)c2F)C1=O. The van der Waals surface area contributed by atoms with Crippen molar-refractivity contribution in [1.29, 1.82) is 0 Å². The van der Waals surface area contributed by atoms with Gasteiger partial charge in [-0.25, -0.2) is 13.2 Å². The van der Waals surface area contributed by atoms with E-state index in [1.54, 1.807) is 7.05 Å². The topological polar surface area (TPSA) is 49.4 Å². The number of halogens is 4.